The highest BCUT2D eigenvalue weighted by Crippen LogP contribution is 2.22. The predicted octanol–water partition coefficient (Wildman–Crippen LogP) is 2.65. The van der Waals surface area contributed by atoms with Gasteiger partial charge in [0.1, 0.15) is 0 Å². The Labute approximate surface area is 114 Å². The number of ether oxygens (including phenoxy) is 1. The Balaban J connectivity index is 2.08. The van der Waals surface area contributed by atoms with E-state index in [9.17, 15) is 5.11 Å². The molecule has 0 bridgehead atoms. The summed E-state index contributed by atoms with van der Waals surface area (Å²) >= 11 is 1.87. The van der Waals surface area contributed by atoms with Gasteiger partial charge >= 0.3 is 0 Å². The molecule has 2 atom stereocenters. The maximum absolute atomic E-state index is 10.3. The zero-order valence-electron chi connectivity index (χ0n) is 11.4. The van der Waals surface area contributed by atoms with Gasteiger partial charge in [-0.15, -0.1) is 0 Å². The standard InChI is InChI=1S/C15H22O2S/c1-10-6-11(2)13(12(3)7-10)8-14(16)15-9-18-5-4-17-15/h6-7,14-16H,4-5,8-9H2,1-3H3. The van der Waals surface area contributed by atoms with E-state index in [0.29, 0.717) is 6.42 Å². The minimum absolute atomic E-state index is 0.0103. The van der Waals surface area contributed by atoms with Gasteiger partial charge in [-0.25, -0.2) is 0 Å². The minimum Gasteiger partial charge on any atom is -0.390 e. The normalized spacial score (nSPS) is 21.9. The molecular formula is C15H22O2S. The van der Waals surface area contributed by atoms with Crippen molar-refractivity contribution >= 4 is 11.8 Å². The molecule has 0 aliphatic carbocycles. The third-order valence-corrected chi connectivity index (χ3v) is 4.54. The largest absolute Gasteiger partial charge is 0.390 e. The summed E-state index contributed by atoms with van der Waals surface area (Å²) in [5, 5.41) is 10.3. The summed E-state index contributed by atoms with van der Waals surface area (Å²) in [5.41, 5.74) is 5.10. The second-order valence-corrected chi connectivity index (χ2v) is 6.28. The highest BCUT2D eigenvalue weighted by molar-refractivity contribution is 7.99. The molecule has 0 radical (unpaired) electrons. The summed E-state index contributed by atoms with van der Waals surface area (Å²) in [5.74, 6) is 1.96. The van der Waals surface area contributed by atoms with E-state index in [1.54, 1.807) is 0 Å². The first kappa shape index (κ1) is 13.9. The maximum Gasteiger partial charge on any atom is 0.0927 e. The van der Waals surface area contributed by atoms with Crippen molar-refractivity contribution in [1.82, 2.24) is 0 Å². The maximum atomic E-state index is 10.3. The van der Waals surface area contributed by atoms with Crippen LogP contribution in [-0.4, -0.2) is 35.4 Å². The lowest BCUT2D eigenvalue weighted by Crippen LogP contribution is -2.36. The van der Waals surface area contributed by atoms with Crippen LogP contribution < -0.4 is 0 Å². The lowest BCUT2D eigenvalue weighted by Gasteiger charge is -2.27. The van der Waals surface area contributed by atoms with Crippen molar-refractivity contribution in [3.63, 3.8) is 0 Å². The Morgan fingerprint density at radius 2 is 2.00 bits per heavy atom. The summed E-state index contributed by atoms with van der Waals surface area (Å²) in [6.45, 7) is 7.12. The summed E-state index contributed by atoms with van der Waals surface area (Å²) in [6, 6.07) is 4.37. The molecule has 2 unspecified atom stereocenters. The molecular weight excluding hydrogens is 244 g/mol. The van der Waals surface area contributed by atoms with Crippen LogP contribution in [0.2, 0.25) is 0 Å². The molecule has 1 aromatic rings. The Bertz CT molecular complexity index is 388. The van der Waals surface area contributed by atoms with Gasteiger partial charge in [-0.2, -0.15) is 11.8 Å². The molecule has 2 rings (SSSR count). The number of thioether (sulfide) groups is 1. The molecule has 0 saturated carbocycles. The van der Waals surface area contributed by atoms with Gasteiger partial charge in [-0.1, -0.05) is 17.7 Å². The number of aliphatic hydroxyl groups is 1. The Morgan fingerprint density at radius 1 is 1.33 bits per heavy atom. The molecule has 100 valence electrons. The van der Waals surface area contributed by atoms with Crippen molar-refractivity contribution in [3.05, 3.63) is 34.4 Å². The highest BCUT2D eigenvalue weighted by atomic mass is 32.2. The summed E-state index contributed by atoms with van der Waals surface area (Å²) in [7, 11) is 0. The van der Waals surface area contributed by atoms with Gasteiger partial charge < -0.3 is 9.84 Å². The summed E-state index contributed by atoms with van der Waals surface area (Å²) in [4.78, 5) is 0. The molecule has 2 nitrogen and oxygen atoms in total. The van der Waals surface area contributed by atoms with Crippen LogP contribution >= 0.6 is 11.8 Å². The Hall–Kier alpha value is -0.510. The monoisotopic (exact) mass is 266 g/mol. The molecule has 1 fully saturated rings. The molecule has 0 aromatic heterocycles. The summed E-state index contributed by atoms with van der Waals surface area (Å²) < 4.78 is 5.64. The first-order chi connectivity index (χ1) is 8.58. The first-order valence-electron chi connectivity index (χ1n) is 6.52. The van der Waals surface area contributed by atoms with Crippen LogP contribution in [0.15, 0.2) is 12.1 Å². The molecule has 1 aliphatic rings. The molecule has 1 heterocycles. The fraction of sp³-hybridized carbons (Fsp3) is 0.600. The lowest BCUT2D eigenvalue weighted by atomic mass is 9.94. The van der Waals surface area contributed by atoms with E-state index in [1.165, 1.54) is 22.3 Å². The number of rotatable bonds is 3. The molecule has 18 heavy (non-hydrogen) atoms. The van der Waals surface area contributed by atoms with Crippen molar-refractivity contribution in [2.45, 2.75) is 39.4 Å². The SMILES string of the molecule is Cc1cc(C)c(CC(O)C2CSCCO2)c(C)c1. The first-order valence-corrected chi connectivity index (χ1v) is 7.67. The van der Waals surface area contributed by atoms with Gasteiger partial charge in [0, 0.05) is 17.9 Å². The van der Waals surface area contributed by atoms with Crippen LogP contribution in [0.1, 0.15) is 22.3 Å². The molecule has 0 amide bonds. The van der Waals surface area contributed by atoms with Crippen molar-refractivity contribution in [2.24, 2.45) is 0 Å². The van der Waals surface area contributed by atoms with E-state index >= 15 is 0 Å². The second-order valence-electron chi connectivity index (χ2n) is 5.13. The second kappa shape index (κ2) is 6.09. The van der Waals surface area contributed by atoms with Crippen LogP contribution in [0, 0.1) is 20.8 Å². The van der Waals surface area contributed by atoms with E-state index in [-0.39, 0.29) is 6.10 Å². The van der Waals surface area contributed by atoms with E-state index in [0.717, 1.165) is 18.1 Å². The Kier molecular flexibility index (Phi) is 4.71. The molecule has 1 aromatic carbocycles. The van der Waals surface area contributed by atoms with Crippen LogP contribution in [-0.2, 0) is 11.2 Å². The number of hydrogen-bond acceptors (Lipinski definition) is 3. The third-order valence-electron chi connectivity index (χ3n) is 3.52. The van der Waals surface area contributed by atoms with E-state index in [2.05, 4.69) is 32.9 Å². The van der Waals surface area contributed by atoms with Crippen LogP contribution in [0.5, 0.6) is 0 Å². The number of aryl methyl sites for hydroxylation is 3. The van der Waals surface area contributed by atoms with Crippen LogP contribution in [0.3, 0.4) is 0 Å². The lowest BCUT2D eigenvalue weighted by molar-refractivity contribution is -0.0209. The van der Waals surface area contributed by atoms with E-state index in [1.807, 2.05) is 11.8 Å². The molecule has 3 heteroatoms. The molecule has 1 aliphatic heterocycles. The predicted molar refractivity (Wildman–Crippen MR) is 77.4 cm³/mol. The average Bonchev–Trinajstić information content (AvgIpc) is 2.34. The molecule has 1 saturated heterocycles. The molecule has 0 spiro atoms. The van der Waals surface area contributed by atoms with E-state index < -0.39 is 6.10 Å². The smallest absolute Gasteiger partial charge is 0.0927 e. The van der Waals surface area contributed by atoms with Gasteiger partial charge in [0.05, 0.1) is 18.8 Å². The fourth-order valence-electron chi connectivity index (χ4n) is 2.60. The van der Waals surface area contributed by atoms with Crippen LogP contribution in [0.4, 0.5) is 0 Å². The average molecular weight is 266 g/mol. The highest BCUT2D eigenvalue weighted by Gasteiger charge is 2.24. The van der Waals surface area contributed by atoms with Crippen molar-refractivity contribution in [3.8, 4) is 0 Å². The fourth-order valence-corrected chi connectivity index (χ4v) is 3.53. The van der Waals surface area contributed by atoms with E-state index in [4.69, 9.17) is 4.74 Å². The third kappa shape index (κ3) is 3.28. The number of aliphatic hydroxyl groups excluding tert-OH is 1. The van der Waals surface area contributed by atoms with Crippen LogP contribution in [0.25, 0.3) is 0 Å². The number of hydrogen-bond donors (Lipinski definition) is 1. The summed E-state index contributed by atoms with van der Waals surface area (Å²) in [6.07, 6.45) is 0.296. The van der Waals surface area contributed by atoms with Gasteiger partial charge in [0.25, 0.3) is 0 Å². The Morgan fingerprint density at radius 3 is 2.56 bits per heavy atom. The zero-order chi connectivity index (χ0) is 13.1. The van der Waals surface area contributed by atoms with Crippen molar-refractivity contribution < 1.29 is 9.84 Å². The van der Waals surface area contributed by atoms with Gasteiger partial charge in [0.15, 0.2) is 0 Å². The topological polar surface area (TPSA) is 29.5 Å². The van der Waals surface area contributed by atoms with Crippen molar-refractivity contribution in [2.75, 3.05) is 18.1 Å². The van der Waals surface area contributed by atoms with Crippen molar-refractivity contribution in [1.29, 1.82) is 0 Å². The van der Waals surface area contributed by atoms with Gasteiger partial charge in [0.2, 0.25) is 0 Å². The quantitative estimate of drug-likeness (QED) is 0.912. The van der Waals surface area contributed by atoms with Gasteiger partial charge in [-0.3, -0.25) is 0 Å². The zero-order valence-corrected chi connectivity index (χ0v) is 12.2. The number of benzene rings is 1. The molecule has 1 N–H and O–H groups in total. The minimum atomic E-state index is -0.391. The van der Waals surface area contributed by atoms with Gasteiger partial charge in [-0.05, 0) is 37.5 Å².